The minimum atomic E-state index is 0.786. The number of aromatic nitrogens is 8. The number of hydrogen-bond donors (Lipinski definition) is 6. The number of benzene rings is 10. The maximum atomic E-state index is 6.03. The van der Waals surface area contributed by atoms with Gasteiger partial charge in [-0.3, -0.25) is 0 Å². The van der Waals surface area contributed by atoms with E-state index in [1.54, 1.807) is 0 Å². The number of aryl methyl sites for hydroxylation is 8. The average molecular weight is 1550 g/mol. The van der Waals surface area contributed by atoms with Gasteiger partial charge in [0.15, 0.2) is 0 Å². The summed E-state index contributed by atoms with van der Waals surface area (Å²) in [6.07, 6.45) is 3.16. The third kappa shape index (κ3) is 11.8. The predicted octanol–water partition coefficient (Wildman–Crippen LogP) is 29.2. The fourth-order valence-electron chi connectivity index (χ4n) is 19.8. The summed E-state index contributed by atoms with van der Waals surface area (Å²) < 4.78 is 2.41. The molecule has 11 heterocycles. The van der Waals surface area contributed by atoms with Gasteiger partial charge in [-0.05, 0) is 167 Å². The molecule has 16 bridgehead atoms. The smallest absolute Gasteiger partial charge is 0.0963 e. The maximum Gasteiger partial charge on any atom is 0.0963 e. The number of aromatic amines is 6. The Kier molecular flexibility index (Phi) is 18.0. The van der Waals surface area contributed by atoms with Crippen LogP contribution in [0, 0.1) is 27.7 Å². The molecule has 0 saturated heterocycles. The molecular formula is C110H88N8S. The highest BCUT2D eigenvalue weighted by atomic mass is 32.1. The maximum absolute atomic E-state index is 6.03. The molecule has 8 nitrogen and oxygen atoms in total. The van der Waals surface area contributed by atoms with E-state index in [-0.39, 0.29) is 0 Å². The summed E-state index contributed by atoms with van der Waals surface area (Å²) in [6.45, 7) is 18.6. The number of H-pyrrole nitrogens is 6. The van der Waals surface area contributed by atoms with Crippen LogP contribution >= 0.6 is 11.3 Å². The molecule has 9 heteroatoms. The summed E-state index contributed by atoms with van der Waals surface area (Å²) in [5, 5.41) is 2.39. The number of nitrogens with zero attached hydrogens (tertiary/aromatic N) is 2. The van der Waals surface area contributed by atoms with Gasteiger partial charge in [-0.2, -0.15) is 0 Å². The minimum Gasteiger partial charge on any atom is -0.354 e. The highest BCUT2D eigenvalue weighted by molar-refractivity contribution is 7.27. The Balaban J connectivity index is 0.893. The molecule has 6 N–H and O–H groups in total. The molecule has 0 atom stereocenters. The Hall–Kier alpha value is -14.1. The number of thiophene rings is 1. The SMILES string of the molecule is CCc1c(C)c2[nH]c1cc1nc(c3[nH]c(cc4[nH]c(c(C)c4CC)c2-c2cccc4c2sc2c(-c5c6[nH]c(cc7nc(c8[nH]c(cc9[nH]c5c(C)c9CC)c(-c5ccccc5)c8-c5ccccc5)C(c5ccccc5)=C7c5ccccc5)c(CC)c6C)cccc24)c(-c2ccccc2)c3-c2ccccc2)C(c2ccccc2)=C1c1ccccc1. The summed E-state index contributed by atoms with van der Waals surface area (Å²) >= 11 is 1.90. The van der Waals surface area contributed by atoms with Gasteiger partial charge in [0.05, 0.1) is 55.9 Å². The minimum absolute atomic E-state index is 0.786. The van der Waals surface area contributed by atoms with Crippen molar-refractivity contribution in [1.82, 2.24) is 39.9 Å². The lowest BCUT2D eigenvalue weighted by Gasteiger charge is -2.11. The fourth-order valence-corrected chi connectivity index (χ4v) is 21.1. The van der Waals surface area contributed by atoms with Crippen molar-refractivity contribution in [1.29, 1.82) is 0 Å². The van der Waals surface area contributed by atoms with Crippen molar-refractivity contribution in [2.24, 2.45) is 0 Å². The quantitative estimate of drug-likeness (QED) is 0.0650. The molecule has 119 heavy (non-hydrogen) atoms. The fraction of sp³-hybridized carbons (Fsp3) is 0.109. The van der Waals surface area contributed by atoms with Gasteiger partial charge < -0.3 is 29.9 Å². The monoisotopic (exact) mass is 1550 g/mol. The van der Waals surface area contributed by atoms with Gasteiger partial charge in [-0.25, -0.2) is 9.97 Å². The van der Waals surface area contributed by atoms with E-state index in [0.29, 0.717) is 0 Å². The normalized spacial score (nSPS) is 12.4. The highest BCUT2D eigenvalue weighted by Gasteiger charge is 2.33. The molecule has 19 aromatic rings. The molecule has 0 fully saturated rings. The largest absolute Gasteiger partial charge is 0.354 e. The Morgan fingerprint density at radius 3 is 0.773 bits per heavy atom. The van der Waals surface area contributed by atoms with Crippen molar-refractivity contribution in [3.05, 3.63) is 393 Å². The molecular weight excluding hydrogens is 1470 g/mol. The average Bonchev–Trinajstić information content (AvgIpc) is 1.57. The first kappa shape index (κ1) is 72.6. The lowest BCUT2D eigenvalue weighted by Crippen LogP contribution is -1.92. The summed E-state index contributed by atoms with van der Waals surface area (Å²) in [6, 6.07) is 111. The molecule has 0 unspecified atom stereocenters. The second-order valence-corrected chi connectivity index (χ2v) is 32.7. The highest BCUT2D eigenvalue weighted by Crippen LogP contribution is 2.53. The summed E-state index contributed by atoms with van der Waals surface area (Å²) in [7, 11) is 0. The predicted molar refractivity (Wildman–Crippen MR) is 504 cm³/mol. The first-order valence-electron chi connectivity index (χ1n) is 41.9. The Morgan fingerprint density at radius 1 is 0.235 bits per heavy atom. The van der Waals surface area contributed by atoms with E-state index < -0.39 is 0 Å². The van der Waals surface area contributed by atoms with Crippen molar-refractivity contribution in [3.8, 4) is 66.8 Å². The van der Waals surface area contributed by atoms with Crippen LogP contribution in [0.1, 0.15) is 117 Å². The summed E-state index contributed by atoms with van der Waals surface area (Å²) in [4.78, 5) is 37.7. The van der Waals surface area contributed by atoms with E-state index in [1.807, 2.05) is 11.3 Å². The molecule has 0 aliphatic carbocycles. The van der Waals surface area contributed by atoms with Crippen LogP contribution in [0.2, 0.25) is 0 Å². The van der Waals surface area contributed by atoms with Crippen LogP contribution in [-0.2, 0) is 25.7 Å². The third-order valence-electron chi connectivity index (χ3n) is 25.2. The first-order chi connectivity index (χ1) is 58.6. The van der Waals surface area contributed by atoms with Crippen LogP contribution in [-0.4, -0.2) is 39.9 Å². The van der Waals surface area contributed by atoms with E-state index >= 15 is 0 Å². The van der Waals surface area contributed by atoms with Crippen LogP contribution in [0.5, 0.6) is 0 Å². The summed E-state index contributed by atoms with van der Waals surface area (Å²) in [5.74, 6) is 0. The van der Waals surface area contributed by atoms with Crippen LogP contribution in [0.15, 0.2) is 303 Å². The molecule has 0 amide bonds. The van der Waals surface area contributed by atoms with E-state index in [2.05, 4.69) is 389 Å². The van der Waals surface area contributed by atoms with Gasteiger partial charge in [0.2, 0.25) is 0 Å². The molecule has 2 aliphatic heterocycles. The van der Waals surface area contributed by atoms with Crippen LogP contribution in [0.25, 0.3) is 175 Å². The van der Waals surface area contributed by atoms with Crippen LogP contribution < -0.4 is 0 Å². The van der Waals surface area contributed by atoms with Crippen molar-refractivity contribution >= 4 is 120 Å². The van der Waals surface area contributed by atoms with E-state index in [0.717, 1.165) is 226 Å². The Bertz CT molecular complexity index is 7160. The number of rotatable bonds is 14. The first-order valence-corrected chi connectivity index (χ1v) is 42.7. The standard InChI is InChI=1S/C110H88N8S/c1-9-75-63(5)101-99(102-64(6)76(10-2)84(112-102)60-88-92(68-41-23-14-24-42-68)96(72-49-31-18-32-50-72)106(116-88)105-95(71-47-29-17-30-48-71)91(67-39-21-13-22-40-67)87(115-105)59-83(75)111-101)81-57-37-55-79-80-56-38-58-82(110(80)119-109(79)81)100-103-65(7)77(11-3)85(113-103)61-89-93(69-43-25-15-26-44-69)97(73-51-33-19-34-52-73)107(117-89)108-98(74-53-35-20-36-54-74)94(70-45-27-16-28-46-70)90(118-108)62-86-78(12-4)66(8)104(100)114-86/h13-62,111-115,117H,9-12H2,1-8H3. The Labute approximate surface area is 695 Å². The van der Waals surface area contributed by atoms with Gasteiger partial charge in [-0.15, -0.1) is 11.3 Å². The Morgan fingerprint density at radius 2 is 0.487 bits per heavy atom. The zero-order valence-corrected chi connectivity index (χ0v) is 68.8. The molecule has 574 valence electrons. The van der Waals surface area contributed by atoms with Crippen molar-refractivity contribution in [2.45, 2.75) is 81.1 Å². The number of hydrogen-bond acceptors (Lipinski definition) is 3. The second-order valence-electron chi connectivity index (χ2n) is 31.7. The lowest BCUT2D eigenvalue weighted by atomic mass is 9.90. The molecule has 21 rings (SSSR count). The molecule has 0 radical (unpaired) electrons. The van der Waals surface area contributed by atoms with Crippen molar-refractivity contribution in [3.63, 3.8) is 0 Å². The topological polar surface area (TPSA) is 121 Å². The van der Waals surface area contributed by atoms with E-state index in [1.165, 1.54) is 64.7 Å². The van der Waals surface area contributed by atoms with Crippen molar-refractivity contribution in [2.75, 3.05) is 0 Å². The molecule has 2 aliphatic rings. The van der Waals surface area contributed by atoms with Crippen LogP contribution in [0.3, 0.4) is 0 Å². The van der Waals surface area contributed by atoms with E-state index in [4.69, 9.17) is 9.97 Å². The summed E-state index contributed by atoms with van der Waals surface area (Å²) in [5.41, 5.74) is 47.8. The zero-order chi connectivity index (χ0) is 80.3. The molecule has 9 aromatic heterocycles. The molecule has 10 aromatic carbocycles. The van der Waals surface area contributed by atoms with Gasteiger partial charge in [0.1, 0.15) is 0 Å². The van der Waals surface area contributed by atoms with Gasteiger partial charge in [0, 0.05) is 120 Å². The van der Waals surface area contributed by atoms with Crippen LogP contribution in [0.4, 0.5) is 0 Å². The van der Waals surface area contributed by atoms with Gasteiger partial charge in [0.25, 0.3) is 0 Å². The van der Waals surface area contributed by atoms with Gasteiger partial charge in [-0.1, -0.05) is 307 Å². The number of fused-ring (bicyclic) bond motifs is 21. The second kappa shape index (κ2) is 29.6. The van der Waals surface area contributed by atoms with Crippen molar-refractivity contribution < 1.29 is 0 Å². The number of nitrogens with one attached hydrogen (secondary N) is 6. The lowest BCUT2D eigenvalue weighted by molar-refractivity contribution is 1.14. The van der Waals surface area contributed by atoms with E-state index in [9.17, 15) is 0 Å². The third-order valence-corrected chi connectivity index (χ3v) is 26.5. The zero-order valence-electron chi connectivity index (χ0n) is 68.0. The molecule has 0 saturated carbocycles. The molecule has 0 spiro atoms. The van der Waals surface area contributed by atoms with Gasteiger partial charge >= 0.3 is 0 Å².